The molecule has 2 aromatic rings. The molecule has 4 unspecified atom stereocenters. The first kappa shape index (κ1) is 16.9. The van der Waals surface area contributed by atoms with Gasteiger partial charge in [0.1, 0.15) is 5.41 Å². The first-order valence-corrected chi connectivity index (χ1v) is 9.39. The van der Waals surface area contributed by atoms with Crippen molar-refractivity contribution >= 4 is 16.9 Å². The van der Waals surface area contributed by atoms with E-state index in [0.29, 0.717) is 19.5 Å². The number of carbonyl (C=O) groups excluding carboxylic acids is 1. The maximum absolute atomic E-state index is 14.6. The zero-order valence-electron chi connectivity index (χ0n) is 15.4. The minimum absolute atomic E-state index is 0.0573. The monoisotopic (exact) mass is 372 g/mol. The second-order valence-electron chi connectivity index (χ2n) is 8.11. The van der Waals surface area contributed by atoms with Gasteiger partial charge in [-0.2, -0.15) is 0 Å². The van der Waals surface area contributed by atoms with Crippen molar-refractivity contribution in [3.05, 3.63) is 47.2 Å². The summed E-state index contributed by atoms with van der Waals surface area (Å²) in [7, 11) is 1.35. The lowest BCUT2D eigenvalue weighted by atomic mass is 9.60. The first-order chi connectivity index (χ1) is 12.9. The highest BCUT2D eigenvalue weighted by Crippen LogP contribution is 2.54. The van der Waals surface area contributed by atoms with Crippen LogP contribution in [0.5, 0.6) is 0 Å². The number of fused-ring (bicyclic) bond motifs is 3. The third kappa shape index (κ3) is 2.13. The van der Waals surface area contributed by atoms with Gasteiger partial charge >= 0.3 is 5.97 Å². The van der Waals surface area contributed by atoms with Crippen molar-refractivity contribution in [1.82, 2.24) is 9.88 Å². The Kier molecular flexibility index (Phi) is 3.39. The number of carbonyl (C=O) groups is 1. The molecule has 4 nitrogen and oxygen atoms in total. The minimum Gasteiger partial charge on any atom is -0.468 e. The van der Waals surface area contributed by atoms with Gasteiger partial charge in [0.05, 0.1) is 13.2 Å². The summed E-state index contributed by atoms with van der Waals surface area (Å²) in [6.07, 6.45) is 2.93. The number of nitrogens with one attached hydrogen (secondary N) is 1. The molecule has 4 bridgehead atoms. The van der Waals surface area contributed by atoms with Crippen LogP contribution < -0.4 is 0 Å². The maximum Gasteiger partial charge on any atom is 0.319 e. The van der Waals surface area contributed by atoms with Crippen LogP contribution in [-0.4, -0.2) is 48.0 Å². The molecule has 0 spiro atoms. The Hall–Kier alpha value is -2.21. The highest BCUT2D eigenvalue weighted by atomic mass is 19.3. The Balaban J connectivity index is 1.83. The molecule has 4 heterocycles. The van der Waals surface area contributed by atoms with E-state index in [1.54, 1.807) is 6.08 Å². The number of benzene rings is 1. The molecule has 0 amide bonds. The number of ether oxygens (including phenoxy) is 1. The molecular weight excluding hydrogens is 350 g/mol. The molecule has 142 valence electrons. The summed E-state index contributed by atoms with van der Waals surface area (Å²) in [6.45, 7) is 2.30. The highest BCUT2D eigenvalue weighted by molar-refractivity contribution is 5.92. The van der Waals surface area contributed by atoms with Crippen molar-refractivity contribution in [1.29, 1.82) is 0 Å². The largest absolute Gasteiger partial charge is 0.468 e. The molecule has 1 aromatic carbocycles. The van der Waals surface area contributed by atoms with E-state index in [1.165, 1.54) is 7.11 Å². The summed E-state index contributed by atoms with van der Waals surface area (Å²) in [5.74, 6) is -3.49. The van der Waals surface area contributed by atoms with E-state index in [-0.39, 0.29) is 11.5 Å². The third-order valence-electron chi connectivity index (χ3n) is 6.56. The Morgan fingerprint density at radius 3 is 2.89 bits per heavy atom. The predicted octanol–water partition coefficient (Wildman–Crippen LogP) is 3.42. The van der Waals surface area contributed by atoms with E-state index in [0.717, 1.165) is 35.5 Å². The molecule has 4 atom stereocenters. The van der Waals surface area contributed by atoms with E-state index < -0.39 is 23.3 Å². The molecule has 27 heavy (non-hydrogen) atoms. The van der Waals surface area contributed by atoms with E-state index in [4.69, 9.17) is 4.74 Å². The topological polar surface area (TPSA) is 45.3 Å². The summed E-state index contributed by atoms with van der Waals surface area (Å²) < 4.78 is 34.4. The fourth-order valence-electron chi connectivity index (χ4n) is 5.65. The number of aromatic nitrogens is 1. The molecular formula is C21H22F2N2O2. The number of hydrogen-bond donors (Lipinski definition) is 1. The number of esters is 1. The second-order valence-corrected chi connectivity index (χ2v) is 8.11. The van der Waals surface area contributed by atoms with Crippen molar-refractivity contribution in [2.24, 2.45) is 5.92 Å². The average Bonchev–Trinajstić information content (AvgIpc) is 2.99. The number of nitrogens with zero attached hydrogens (tertiary/aromatic N) is 1. The van der Waals surface area contributed by atoms with Crippen molar-refractivity contribution in [2.45, 2.75) is 37.1 Å². The molecule has 1 fully saturated rings. The lowest BCUT2D eigenvalue weighted by molar-refractivity contribution is -0.155. The van der Waals surface area contributed by atoms with Crippen LogP contribution in [-0.2, 0) is 21.4 Å². The molecule has 6 heteroatoms. The Labute approximate surface area is 156 Å². The molecule has 1 saturated heterocycles. The zero-order chi connectivity index (χ0) is 19.0. The molecule has 0 saturated carbocycles. The van der Waals surface area contributed by atoms with Gasteiger partial charge in [-0.1, -0.05) is 24.3 Å². The van der Waals surface area contributed by atoms with Gasteiger partial charge in [-0.15, -0.1) is 0 Å². The van der Waals surface area contributed by atoms with E-state index >= 15 is 0 Å². The molecule has 1 aliphatic carbocycles. The number of alkyl halides is 2. The number of para-hydroxylation sites is 1. The van der Waals surface area contributed by atoms with Crippen LogP contribution in [0.15, 0.2) is 35.9 Å². The molecule has 1 N–H and O–H groups in total. The van der Waals surface area contributed by atoms with Crippen LogP contribution in [0.2, 0.25) is 0 Å². The maximum atomic E-state index is 14.6. The standard InChI is InChI=1S/C21H22F2N2O2/c1-20(22,23)15-9-12-10-21(19(26)27-2)17-14(7-8-25(11-12)18(15)21)13-5-3-4-6-16(13)24-17/h3-6,9,12,18,24H,7-8,10-11H2,1-2H3. The summed E-state index contributed by atoms with van der Waals surface area (Å²) in [5, 5.41) is 1.06. The van der Waals surface area contributed by atoms with Gasteiger partial charge in [0.15, 0.2) is 0 Å². The zero-order valence-corrected chi connectivity index (χ0v) is 15.4. The lowest BCUT2D eigenvalue weighted by Gasteiger charge is -2.54. The quantitative estimate of drug-likeness (QED) is 0.649. The smallest absolute Gasteiger partial charge is 0.319 e. The highest BCUT2D eigenvalue weighted by Gasteiger charge is 2.63. The lowest BCUT2D eigenvalue weighted by Crippen LogP contribution is -2.65. The summed E-state index contributed by atoms with van der Waals surface area (Å²) in [6, 6.07) is 7.23. The van der Waals surface area contributed by atoms with Crippen molar-refractivity contribution in [3.8, 4) is 0 Å². The van der Waals surface area contributed by atoms with Gasteiger partial charge in [0.2, 0.25) is 0 Å². The van der Waals surface area contributed by atoms with Crippen LogP contribution in [0, 0.1) is 5.92 Å². The van der Waals surface area contributed by atoms with Gasteiger partial charge in [-0.25, -0.2) is 8.78 Å². The first-order valence-electron chi connectivity index (χ1n) is 9.39. The molecule has 3 aliphatic heterocycles. The van der Waals surface area contributed by atoms with Crippen LogP contribution in [0.25, 0.3) is 10.9 Å². The number of H-pyrrole nitrogens is 1. The van der Waals surface area contributed by atoms with Crippen molar-refractivity contribution in [3.63, 3.8) is 0 Å². The van der Waals surface area contributed by atoms with E-state index in [9.17, 15) is 13.6 Å². The Morgan fingerprint density at radius 1 is 1.37 bits per heavy atom. The Bertz CT molecular complexity index is 974. The van der Waals surface area contributed by atoms with Crippen LogP contribution in [0.4, 0.5) is 8.78 Å². The molecule has 6 rings (SSSR count). The van der Waals surface area contributed by atoms with Gasteiger partial charge in [-0.3, -0.25) is 9.69 Å². The van der Waals surface area contributed by atoms with Crippen LogP contribution in [0.1, 0.15) is 24.6 Å². The van der Waals surface area contributed by atoms with Crippen LogP contribution >= 0.6 is 0 Å². The minimum atomic E-state index is -2.97. The number of halogens is 2. The number of piperidine rings is 1. The molecule has 1 aromatic heterocycles. The van der Waals surface area contributed by atoms with E-state index in [2.05, 4.69) is 9.88 Å². The molecule has 0 radical (unpaired) electrons. The number of hydrogen-bond acceptors (Lipinski definition) is 3. The average molecular weight is 372 g/mol. The Morgan fingerprint density at radius 2 is 2.15 bits per heavy atom. The van der Waals surface area contributed by atoms with Gasteiger partial charge in [0, 0.05) is 42.2 Å². The molecule has 4 aliphatic rings. The summed E-state index contributed by atoms with van der Waals surface area (Å²) in [4.78, 5) is 18.7. The van der Waals surface area contributed by atoms with Gasteiger partial charge in [-0.05, 0) is 30.4 Å². The van der Waals surface area contributed by atoms with Crippen LogP contribution in [0.3, 0.4) is 0 Å². The fraction of sp³-hybridized carbons (Fsp3) is 0.476. The summed E-state index contributed by atoms with van der Waals surface area (Å²) >= 11 is 0. The van der Waals surface area contributed by atoms with Gasteiger partial charge < -0.3 is 9.72 Å². The third-order valence-corrected chi connectivity index (χ3v) is 6.56. The fourth-order valence-corrected chi connectivity index (χ4v) is 5.65. The van der Waals surface area contributed by atoms with Crippen molar-refractivity contribution in [2.75, 3.05) is 20.2 Å². The number of rotatable bonds is 2. The number of aromatic amines is 1. The predicted molar refractivity (Wildman–Crippen MR) is 97.9 cm³/mol. The van der Waals surface area contributed by atoms with Crippen molar-refractivity contribution < 1.29 is 18.3 Å². The van der Waals surface area contributed by atoms with Gasteiger partial charge in [0.25, 0.3) is 5.92 Å². The second kappa shape index (κ2) is 5.41. The SMILES string of the molecule is COC(=O)C12CC3C=C(C(C)(F)F)C1N(CCc1c2[nH]c2ccccc12)C3. The normalized spacial score (nSPS) is 32.0. The van der Waals surface area contributed by atoms with E-state index in [1.807, 2.05) is 24.3 Å². The number of methoxy groups -OCH3 is 1. The summed E-state index contributed by atoms with van der Waals surface area (Å²) in [5.41, 5.74) is 1.70.